The summed E-state index contributed by atoms with van der Waals surface area (Å²) in [6.45, 7) is 2.08. The molecule has 3 heteroatoms. The van der Waals surface area contributed by atoms with Crippen LogP contribution in [0.1, 0.15) is 18.9 Å². The van der Waals surface area contributed by atoms with Crippen molar-refractivity contribution < 1.29 is 4.74 Å². The number of hydrogen-bond acceptors (Lipinski definition) is 3. The third-order valence-corrected chi connectivity index (χ3v) is 2.03. The van der Waals surface area contributed by atoms with Crippen LogP contribution in [0.4, 0.5) is 0 Å². The largest absolute Gasteiger partial charge is 0.481 e. The quantitative estimate of drug-likeness (QED) is 0.761. The van der Waals surface area contributed by atoms with E-state index < -0.39 is 0 Å². The molecule has 72 valence electrons. The number of methoxy groups -OCH3 is 1. The maximum Gasteiger partial charge on any atom is 0.212 e. The standard InChI is InChI=1S/C10H16N2O/c1-3-9(11)6-8-4-5-10(13-2)12-7-8/h4-5,7,9H,3,6,11H2,1-2H3/t9-/m0/s1. The average Bonchev–Trinajstić information content (AvgIpc) is 2.19. The van der Waals surface area contributed by atoms with Crippen molar-refractivity contribution in [2.45, 2.75) is 25.8 Å². The number of nitrogens with zero attached hydrogens (tertiary/aromatic N) is 1. The Kier molecular flexibility index (Phi) is 3.71. The molecule has 2 N–H and O–H groups in total. The van der Waals surface area contributed by atoms with Gasteiger partial charge in [-0.25, -0.2) is 4.98 Å². The van der Waals surface area contributed by atoms with Gasteiger partial charge < -0.3 is 10.5 Å². The fourth-order valence-electron chi connectivity index (χ4n) is 1.10. The molecule has 1 aromatic rings. The van der Waals surface area contributed by atoms with Gasteiger partial charge in [-0.15, -0.1) is 0 Å². The van der Waals surface area contributed by atoms with E-state index in [1.54, 1.807) is 7.11 Å². The van der Waals surface area contributed by atoms with E-state index in [9.17, 15) is 0 Å². The predicted octanol–water partition coefficient (Wildman–Crippen LogP) is 1.37. The van der Waals surface area contributed by atoms with E-state index in [4.69, 9.17) is 10.5 Å². The van der Waals surface area contributed by atoms with Gasteiger partial charge in [0.25, 0.3) is 0 Å². The maximum absolute atomic E-state index is 5.82. The minimum absolute atomic E-state index is 0.232. The van der Waals surface area contributed by atoms with Gasteiger partial charge in [-0.1, -0.05) is 13.0 Å². The molecule has 0 spiro atoms. The molecule has 0 saturated heterocycles. The second-order valence-electron chi connectivity index (χ2n) is 3.08. The summed E-state index contributed by atoms with van der Waals surface area (Å²) in [6.07, 6.45) is 3.69. The van der Waals surface area contributed by atoms with Crippen molar-refractivity contribution in [3.05, 3.63) is 23.9 Å². The van der Waals surface area contributed by atoms with Crippen molar-refractivity contribution in [2.24, 2.45) is 5.73 Å². The number of aromatic nitrogens is 1. The van der Waals surface area contributed by atoms with Gasteiger partial charge in [-0.2, -0.15) is 0 Å². The van der Waals surface area contributed by atoms with Gasteiger partial charge in [0.2, 0.25) is 5.88 Å². The van der Waals surface area contributed by atoms with Crippen molar-refractivity contribution in [1.29, 1.82) is 0 Å². The summed E-state index contributed by atoms with van der Waals surface area (Å²) in [6, 6.07) is 4.09. The van der Waals surface area contributed by atoms with Gasteiger partial charge >= 0.3 is 0 Å². The van der Waals surface area contributed by atoms with E-state index in [-0.39, 0.29) is 6.04 Å². The molecule has 1 aromatic heterocycles. The highest BCUT2D eigenvalue weighted by molar-refractivity contribution is 5.18. The normalized spacial score (nSPS) is 12.5. The molecule has 0 aromatic carbocycles. The summed E-state index contributed by atoms with van der Waals surface area (Å²) in [7, 11) is 1.61. The Morgan fingerprint density at radius 3 is 2.77 bits per heavy atom. The average molecular weight is 180 g/mol. The van der Waals surface area contributed by atoms with E-state index in [1.807, 2.05) is 18.3 Å². The van der Waals surface area contributed by atoms with Gasteiger partial charge in [0.05, 0.1) is 7.11 Å². The van der Waals surface area contributed by atoms with E-state index in [0.717, 1.165) is 18.4 Å². The highest BCUT2D eigenvalue weighted by Gasteiger charge is 2.01. The van der Waals surface area contributed by atoms with E-state index >= 15 is 0 Å². The van der Waals surface area contributed by atoms with Crippen LogP contribution < -0.4 is 10.5 Å². The number of hydrogen-bond donors (Lipinski definition) is 1. The second-order valence-corrected chi connectivity index (χ2v) is 3.08. The van der Waals surface area contributed by atoms with Crippen LogP contribution in [0, 0.1) is 0 Å². The summed E-state index contributed by atoms with van der Waals surface area (Å²) < 4.78 is 4.96. The second kappa shape index (κ2) is 4.82. The molecule has 0 saturated carbocycles. The molecular formula is C10H16N2O. The fraction of sp³-hybridized carbons (Fsp3) is 0.500. The van der Waals surface area contributed by atoms with Crippen molar-refractivity contribution in [1.82, 2.24) is 4.98 Å². The van der Waals surface area contributed by atoms with Gasteiger partial charge in [0, 0.05) is 18.3 Å². The SMILES string of the molecule is CC[C@H](N)Cc1ccc(OC)nc1. The number of pyridine rings is 1. The predicted molar refractivity (Wildman–Crippen MR) is 52.8 cm³/mol. The zero-order chi connectivity index (χ0) is 9.68. The van der Waals surface area contributed by atoms with E-state index in [1.165, 1.54) is 0 Å². The topological polar surface area (TPSA) is 48.1 Å². The molecule has 1 rings (SSSR count). The van der Waals surface area contributed by atoms with Gasteiger partial charge in [-0.3, -0.25) is 0 Å². The zero-order valence-electron chi connectivity index (χ0n) is 8.16. The lowest BCUT2D eigenvalue weighted by Crippen LogP contribution is -2.21. The molecule has 0 aliphatic heterocycles. The molecule has 0 bridgehead atoms. The molecule has 0 radical (unpaired) electrons. The Bertz CT molecular complexity index is 246. The summed E-state index contributed by atoms with van der Waals surface area (Å²) >= 11 is 0. The summed E-state index contributed by atoms with van der Waals surface area (Å²) in [5, 5.41) is 0. The van der Waals surface area contributed by atoms with Crippen LogP contribution >= 0.6 is 0 Å². The minimum atomic E-state index is 0.232. The molecule has 13 heavy (non-hydrogen) atoms. The Morgan fingerprint density at radius 2 is 2.31 bits per heavy atom. The minimum Gasteiger partial charge on any atom is -0.481 e. The third-order valence-electron chi connectivity index (χ3n) is 2.03. The number of nitrogens with two attached hydrogens (primary N) is 1. The van der Waals surface area contributed by atoms with Crippen LogP contribution in [0.15, 0.2) is 18.3 Å². The first-order valence-electron chi connectivity index (χ1n) is 4.50. The summed E-state index contributed by atoms with van der Waals surface area (Å²) in [5.41, 5.74) is 6.98. The molecule has 1 heterocycles. The fourth-order valence-corrected chi connectivity index (χ4v) is 1.10. The molecule has 0 amide bonds. The monoisotopic (exact) mass is 180 g/mol. The van der Waals surface area contributed by atoms with Crippen molar-refractivity contribution >= 4 is 0 Å². The molecule has 0 aliphatic rings. The van der Waals surface area contributed by atoms with Gasteiger partial charge in [-0.05, 0) is 18.4 Å². The van der Waals surface area contributed by atoms with Crippen molar-refractivity contribution in [2.75, 3.05) is 7.11 Å². The summed E-state index contributed by atoms with van der Waals surface area (Å²) in [5.74, 6) is 0.647. The first kappa shape index (κ1) is 9.99. The lowest BCUT2D eigenvalue weighted by molar-refractivity contribution is 0.397. The molecule has 3 nitrogen and oxygen atoms in total. The Labute approximate surface area is 78.9 Å². The Hall–Kier alpha value is -1.09. The first-order valence-corrected chi connectivity index (χ1v) is 4.50. The van der Waals surface area contributed by atoms with Crippen LogP contribution in [-0.4, -0.2) is 18.1 Å². The van der Waals surface area contributed by atoms with Crippen LogP contribution in [0.25, 0.3) is 0 Å². The van der Waals surface area contributed by atoms with Crippen LogP contribution in [0.2, 0.25) is 0 Å². The van der Waals surface area contributed by atoms with Gasteiger partial charge in [0.15, 0.2) is 0 Å². The summed E-state index contributed by atoms with van der Waals surface area (Å²) in [4.78, 5) is 4.11. The molecule has 0 fully saturated rings. The van der Waals surface area contributed by atoms with Crippen LogP contribution in [-0.2, 0) is 6.42 Å². The van der Waals surface area contributed by atoms with Crippen LogP contribution in [0.5, 0.6) is 5.88 Å². The lowest BCUT2D eigenvalue weighted by atomic mass is 10.1. The zero-order valence-corrected chi connectivity index (χ0v) is 8.16. The van der Waals surface area contributed by atoms with Gasteiger partial charge in [0.1, 0.15) is 0 Å². The first-order chi connectivity index (χ1) is 6.26. The number of rotatable bonds is 4. The Morgan fingerprint density at radius 1 is 1.54 bits per heavy atom. The molecule has 1 atom stereocenters. The van der Waals surface area contributed by atoms with E-state index in [0.29, 0.717) is 5.88 Å². The Balaban J connectivity index is 2.58. The maximum atomic E-state index is 5.82. The van der Waals surface area contributed by atoms with Crippen molar-refractivity contribution in [3.63, 3.8) is 0 Å². The van der Waals surface area contributed by atoms with Crippen molar-refractivity contribution in [3.8, 4) is 5.88 Å². The molecule has 0 aliphatic carbocycles. The van der Waals surface area contributed by atoms with E-state index in [2.05, 4.69) is 11.9 Å². The molecular weight excluding hydrogens is 164 g/mol. The number of ether oxygens (including phenoxy) is 1. The smallest absolute Gasteiger partial charge is 0.212 e. The highest BCUT2D eigenvalue weighted by atomic mass is 16.5. The highest BCUT2D eigenvalue weighted by Crippen LogP contribution is 2.08. The van der Waals surface area contributed by atoms with Crippen LogP contribution in [0.3, 0.4) is 0 Å². The molecule has 0 unspecified atom stereocenters. The third kappa shape index (κ3) is 3.03. The lowest BCUT2D eigenvalue weighted by Gasteiger charge is -2.08.